The van der Waals surface area contributed by atoms with Gasteiger partial charge in [0.15, 0.2) is 0 Å². The number of benzene rings is 1. The van der Waals surface area contributed by atoms with Crippen LogP contribution in [0.5, 0.6) is 5.75 Å². The van der Waals surface area contributed by atoms with Crippen molar-refractivity contribution in [1.82, 2.24) is 10.8 Å². The summed E-state index contributed by atoms with van der Waals surface area (Å²) in [6.07, 6.45) is 3.70. The smallest absolute Gasteiger partial charge is 0.267 e. The van der Waals surface area contributed by atoms with E-state index in [4.69, 9.17) is 15.7 Å². The molecule has 1 saturated carbocycles. The van der Waals surface area contributed by atoms with Crippen molar-refractivity contribution in [3.63, 3.8) is 0 Å². The number of rotatable bonds is 7. The lowest BCUT2D eigenvalue weighted by molar-refractivity contribution is -0.131. The van der Waals surface area contributed by atoms with Crippen molar-refractivity contribution in [3.8, 4) is 5.75 Å². The molecule has 0 aliphatic heterocycles. The molecule has 1 aromatic rings. The van der Waals surface area contributed by atoms with Crippen LogP contribution in [0.2, 0.25) is 0 Å². The molecule has 0 heterocycles. The summed E-state index contributed by atoms with van der Waals surface area (Å²) in [6, 6.07) is 5.04. The molecule has 0 aromatic heterocycles. The Labute approximate surface area is 135 Å². The van der Waals surface area contributed by atoms with E-state index >= 15 is 0 Å². The summed E-state index contributed by atoms with van der Waals surface area (Å²) < 4.78 is 5.67. The average molecular weight is 321 g/mol. The molecule has 1 aromatic carbocycles. The topological polar surface area (TPSA) is 114 Å². The van der Waals surface area contributed by atoms with Gasteiger partial charge in [0.1, 0.15) is 11.8 Å². The third-order valence-corrected chi connectivity index (χ3v) is 4.03. The van der Waals surface area contributed by atoms with Gasteiger partial charge < -0.3 is 15.8 Å². The van der Waals surface area contributed by atoms with Gasteiger partial charge in [0.05, 0.1) is 6.61 Å². The molecular formula is C16H23N3O4. The highest BCUT2D eigenvalue weighted by Crippen LogP contribution is 2.27. The number of hydrogen-bond donors (Lipinski definition) is 4. The molecule has 1 aliphatic carbocycles. The molecule has 2 atom stereocenters. The first-order valence-electron chi connectivity index (χ1n) is 7.74. The largest absolute Gasteiger partial charge is 0.493 e. The average Bonchev–Trinajstić information content (AvgIpc) is 2.50. The molecule has 7 heteroatoms. The van der Waals surface area contributed by atoms with E-state index in [1.807, 2.05) is 0 Å². The first-order chi connectivity index (χ1) is 11.0. The molecule has 1 aliphatic rings. The van der Waals surface area contributed by atoms with Crippen molar-refractivity contribution in [2.45, 2.75) is 38.3 Å². The van der Waals surface area contributed by atoms with E-state index in [-0.39, 0.29) is 0 Å². The third-order valence-electron chi connectivity index (χ3n) is 4.03. The second kappa shape index (κ2) is 7.94. The SMILES string of the molecule is C[C@@H](N)[C@H](NC(=O)c1ccc(OCC2CCC2)cc1)C(=O)NO. The number of hydroxylamine groups is 1. The lowest BCUT2D eigenvalue weighted by atomic mass is 9.86. The van der Waals surface area contributed by atoms with Crippen molar-refractivity contribution in [3.05, 3.63) is 29.8 Å². The van der Waals surface area contributed by atoms with Gasteiger partial charge in [-0.25, -0.2) is 5.48 Å². The van der Waals surface area contributed by atoms with Crippen LogP contribution < -0.4 is 21.3 Å². The summed E-state index contributed by atoms with van der Waals surface area (Å²) in [5.74, 6) is 0.155. The van der Waals surface area contributed by atoms with Gasteiger partial charge in [-0.15, -0.1) is 0 Å². The van der Waals surface area contributed by atoms with Gasteiger partial charge >= 0.3 is 0 Å². The summed E-state index contributed by atoms with van der Waals surface area (Å²) in [7, 11) is 0. The van der Waals surface area contributed by atoms with Gasteiger partial charge in [-0.2, -0.15) is 0 Å². The second-order valence-electron chi connectivity index (χ2n) is 5.92. The molecule has 2 amide bonds. The van der Waals surface area contributed by atoms with Gasteiger partial charge in [0.25, 0.3) is 11.8 Å². The van der Waals surface area contributed by atoms with Gasteiger partial charge in [-0.3, -0.25) is 14.8 Å². The van der Waals surface area contributed by atoms with E-state index in [1.165, 1.54) is 24.7 Å². The van der Waals surface area contributed by atoms with Crippen molar-refractivity contribution < 1.29 is 19.5 Å². The molecule has 126 valence electrons. The molecule has 0 radical (unpaired) electrons. The number of hydrogen-bond acceptors (Lipinski definition) is 5. The predicted octanol–water partition coefficient (Wildman–Crippen LogP) is 0.816. The first-order valence-corrected chi connectivity index (χ1v) is 7.74. The van der Waals surface area contributed by atoms with Gasteiger partial charge in [-0.1, -0.05) is 6.42 Å². The Bertz CT molecular complexity index is 541. The number of carbonyl (C=O) groups excluding carboxylic acids is 2. The molecule has 2 rings (SSSR count). The molecule has 23 heavy (non-hydrogen) atoms. The molecule has 0 bridgehead atoms. The monoisotopic (exact) mass is 321 g/mol. The standard InChI is InChI=1S/C16H23N3O4/c1-10(17)14(16(21)19-22)18-15(20)12-5-7-13(8-6-12)23-9-11-3-2-4-11/h5-8,10-11,14,22H,2-4,9,17H2,1H3,(H,18,20)(H,19,21)/t10-,14+/m1/s1. The molecule has 0 saturated heterocycles. The first kappa shape index (κ1) is 17.2. The summed E-state index contributed by atoms with van der Waals surface area (Å²) in [5.41, 5.74) is 7.53. The molecular weight excluding hydrogens is 298 g/mol. The maximum atomic E-state index is 12.1. The van der Waals surface area contributed by atoms with E-state index < -0.39 is 23.9 Å². The summed E-state index contributed by atoms with van der Waals surface area (Å²) in [4.78, 5) is 23.6. The number of nitrogens with one attached hydrogen (secondary N) is 2. The quantitative estimate of drug-likeness (QED) is 0.438. The predicted molar refractivity (Wildman–Crippen MR) is 84.1 cm³/mol. The number of amides is 2. The highest BCUT2D eigenvalue weighted by molar-refractivity contribution is 5.97. The van der Waals surface area contributed by atoms with E-state index in [2.05, 4.69) is 5.32 Å². The summed E-state index contributed by atoms with van der Waals surface area (Å²) in [5, 5.41) is 11.2. The van der Waals surface area contributed by atoms with Crippen LogP contribution in [-0.2, 0) is 4.79 Å². The zero-order chi connectivity index (χ0) is 16.8. The molecule has 0 spiro atoms. The normalized spacial score (nSPS) is 16.8. The van der Waals surface area contributed by atoms with Crippen LogP contribution in [0.15, 0.2) is 24.3 Å². The maximum Gasteiger partial charge on any atom is 0.267 e. The van der Waals surface area contributed by atoms with Crippen LogP contribution in [0.25, 0.3) is 0 Å². The summed E-state index contributed by atoms with van der Waals surface area (Å²) >= 11 is 0. The highest BCUT2D eigenvalue weighted by Gasteiger charge is 2.24. The number of nitrogens with two attached hydrogens (primary N) is 1. The Kier molecular flexibility index (Phi) is 5.95. The van der Waals surface area contributed by atoms with E-state index in [9.17, 15) is 9.59 Å². The minimum absolute atomic E-state index is 0.386. The molecule has 1 fully saturated rings. The van der Waals surface area contributed by atoms with Crippen LogP contribution in [0.4, 0.5) is 0 Å². The minimum Gasteiger partial charge on any atom is -0.493 e. The van der Waals surface area contributed by atoms with Crippen LogP contribution in [0, 0.1) is 5.92 Å². The molecule has 7 nitrogen and oxygen atoms in total. The number of carbonyl (C=O) groups is 2. The Morgan fingerprint density at radius 3 is 2.48 bits per heavy atom. The molecule has 0 unspecified atom stereocenters. The lowest BCUT2D eigenvalue weighted by Crippen LogP contribution is -2.54. The Morgan fingerprint density at radius 2 is 2.00 bits per heavy atom. The number of ether oxygens (including phenoxy) is 1. The van der Waals surface area contributed by atoms with Crippen LogP contribution in [-0.4, -0.2) is 35.7 Å². The van der Waals surface area contributed by atoms with E-state index in [0.29, 0.717) is 23.8 Å². The highest BCUT2D eigenvalue weighted by atomic mass is 16.5. The van der Waals surface area contributed by atoms with E-state index in [1.54, 1.807) is 31.2 Å². The Morgan fingerprint density at radius 1 is 1.35 bits per heavy atom. The summed E-state index contributed by atoms with van der Waals surface area (Å²) in [6.45, 7) is 2.27. The fraction of sp³-hybridized carbons (Fsp3) is 0.500. The van der Waals surface area contributed by atoms with Crippen LogP contribution in [0.3, 0.4) is 0 Å². The van der Waals surface area contributed by atoms with Gasteiger partial charge in [-0.05, 0) is 49.9 Å². The Hall–Kier alpha value is -2.12. The van der Waals surface area contributed by atoms with Gasteiger partial charge in [0.2, 0.25) is 0 Å². The second-order valence-corrected chi connectivity index (χ2v) is 5.92. The fourth-order valence-electron chi connectivity index (χ4n) is 2.31. The third kappa shape index (κ3) is 4.67. The van der Waals surface area contributed by atoms with Crippen molar-refractivity contribution in [2.75, 3.05) is 6.61 Å². The van der Waals surface area contributed by atoms with Crippen molar-refractivity contribution in [1.29, 1.82) is 0 Å². The lowest BCUT2D eigenvalue weighted by Gasteiger charge is -2.25. The molecule has 5 N–H and O–H groups in total. The van der Waals surface area contributed by atoms with Crippen molar-refractivity contribution in [2.24, 2.45) is 11.7 Å². The van der Waals surface area contributed by atoms with Crippen molar-refractivity contribution >= 4 is 11.8 Å². The Balaban J connectivity index is 1.91. The maximum absolute atomic E-state index is 12.1. The zero-order valence-electron chi connectivity index (χ0n) is 13.1. The minimum atomic E-state index is -1.01. The zero-order valence-corrected chi connectivity index (χ0v) is 13.1. The van der Waals surface area contributed by atoms with E-state index in [0.717, 1.165) is 0 Å². The van der Waals surface area contributed by atoms with Crippen LogP contribution in [0.1, 0.15) is 36.5 Å². The fourth-order valence-corrected chi connectivity index (χ4v) is 2.31. The van der Waals surface area contributed by atoms with Gasteiger partial charge in [0, 0.05) is 11.6 Å². The van der Waals surface area contributed by atoms with Crippen LogP contribution >= 0.6 is 0 Å².